The minimum absolute atomic E-state index is 0.0167. The third kappa shape index (κ3) is 3.15. The first-order chi connectivity index (χ1) is 14.6. The molecule has 0 saturated carbocycles. The fourth-order valence-electron chi connectivity index (χ4n) is 4.87. The number of ether oxygens (including phenoxy) is 1. The lowest BCUT2D eigenvalue weighted by Gasteiger charge is -2.39. The van der Waals surface area contributed by atoms with E-state index in [0.29, 0.717) is 37.8 Å². The second-order valence-corrected chi connectivity index (χ2v) is 8.00. The van der Waals surface area contributed by atoms with Crippen molar-refractivity contribution in [3.8, 4) is 0 Å². The van der Waals surface area contributed by atoms with E-state index >= 15 is 0 Å². The Morgan fingerprint density at radius 1 is 1.13 bits per heavy atom. The molecule has 5 rings (SSSR count). The van der Waals surface area contributed by atoms with Crippen molar-refractivity contribution in [2.45, 2.75) is 18.4 Å². The second-order valence-electron chi connectivity index (χ2n) is 8.00. The quantitative estimate of drug-likeness (QED) is 0.476. The zero-order chi connectivity index (χ0) is 20.7. The van der Waals surface area contributed by atoms with Gasteiger partial charge < -0.3 is 15.0 Å². The van der Waals surface area contributed by atoms with Gasteiger partial charge in [-0.3, -0.25) is 14.9 Å². The Kier molecular flexibility index (Phi) is 4.75. The number of hydrogen-bond donors (Lipinski definition) is 1. The van der Waals surface area contributed by atoms with Crippen LogP contribution in [0.15, 0.2) is 54.6 Å². The van der Waals surface area contributed by atoms with Crippen LogP contribution in [-0.2, 0) is 4.74 Å². The predicted molar refractivity (Wildman–Crippen MR) is 113 cm³/mol. The molecule has 3 aliphatic rings. The van der Waals surface area contributed by atoms with Crippen molar-refractivity contribution in [3.63, 3.8) is 0 Å². The standard InChI is InChI=1S/C23H23N3O4/c27-23(25-11-13-30-14-12-25)20-6-2-5-19-17-3-1-4-18(17)21(24-22(19)20)15-7-9-16(10-8-15)26(28)29/h1-3,5-10,17-18,21,24H,4,11-14H2/t17-,18-,21-/m1/s1. The molecule has 0 unspecified atom stereocenters. The van der Waals surface area contributed by atoms with E-state index in [1.165, 1.54) is 0 Å². The number of carbonyl (C=O) groups excluding carboxylic acids is 1. The number of nitro benzene ring substituents is 1. The Hall–Kier alpha value is -3.19. The first-order valence-corrected chi connectivity index (χ1v) is 10.3. The predicted octanol–water partition coefficient (Wildman–Crippen LogP) is 3.89. The number of para-hydroxylation sites is 1. The fraction of sp³-hybridized carbons (Fsp3) is 0.348. The maximum Gasteiger partial charge on any atom is 0.269 e. The van der Waals surface area contributed by atoms with Crippen LogP contribution in [0, 0.1) is 16.0 Å². The summed E-state index contributed by atoms with van der Waals surface area (Å²) in [5.74, 6) is 0.553. The molecule has 7 nitrogen and oxygen atoms in total. The topological polar surface area (TPSA) is 84.7 Å². The van der Waals surface area contributed by atoms with Gasteiger partial charge in [-0.15, -0.1) is 0 Å². The first-order valence-electron chi connectivity index (χ1n) is 10.3. The number of morpholine rings is 1. The largest absolute Gasteiger partial charge is 0.378 e. The Balaban J connectivity index is 1.52. The zero-order valence-electron chi connectivity index (χ0n) is 16.5. The van der Waals surface area contributed by atoms with E-state index in [1.807, 2.05) is 29.2 Å². The van der Waals surface area contributed by atoms with E-state index in [9.17, 15) is 14.9 Å². The van der Waals surface area contributed by atoms with Crippen molar-refractivity contribution in [2.75, 3.05) is 31.6 Å². The van der Waals surface area contributed by atoms with Gasteiger partial charge in [0.2, 0.25) is 0 Å². The molecule has 30 heavy (non-hydrogen) atoms. The number of amides is 1. The normalized spacial score (nSPS) is 24.7. The average Bonchev–Trinajstić information content (AvgIpc) is 3.28. The van der Waals surface area contributed by atoms with Gasteiger partial charge in [0.05, 0.1) is 35.4 Å². The maximum atomic E-state index is 13.3. The molecule has 2 aliphatic heterocycles. The number of hydrogen-bond acceptors (Lipinski definition) is 5. The van der Waals surface area contributed by atoms with Gasteiger partial charge in [-0.25, -0.2) is 0 Å². The molecule has 7 heteroatoms. The van der Waals surface area contributed by atoms with Gasteiger partial charge >= 0.3 is 0 Å². The maximum absolute atomic E-state index is 13.3. The van der Waals surface area contributed by atoms with Crippen LogP contribution >= 0.6 is 0 Å². The van der Waals surface area contributed by atoms with Crippen LogP contribution in [0.5, 0.6) is 0 Å². The van der Waals surface area contributed by atoms with Crippen LogP contribution in [0.2, 0.25) is 0 Å². The molecule has 1 amide bonds. The van der Waals surface area contributed by atoms with Crippen molar-refractivity contribution in [2.24, 2.45) is 5.92 Å². The van der Waals surface area contributed by atoms with Crippen LogP contribution < -0.4 is 5.32 Å². The summed E-state index contributed by atoms with van der Waals surface area (Å²) < 4.78 is 5.39. The Labute approximate surface area is 174 Å². The number of non-ortho nitro benzene ring substituents is 1. The summed E-state index contributed by atoms with van der Waals surface area (Å²) in [6, 6.07) is 12.7. The molecular weight excluding hydrogens is 382 g/mol. The smallest absolute Gasteiger partial charge is 0.269 e. The third-order valence-corrected chi connectivity index (χ3v) is 6.39. The Morgan fingerprint density at radius 3 is 2.63 bits per heavy atom. The monoisotopic (exact) mass is 405 g/mol. The summed E-state index contributed by atoms with van der Waals surface area (Å²) in [5, 5.41) is 14.7. The van der Waals surface area contributed by atoms with Gasteiger partial charge in [0.25, 0.3) is 11.6 Å². The number of nitrogens with zero attached hydrogens (tertiary/aromatic N) is 2. The molecule has 3 atom stereocenters. The van der Waals surface area contributed by atoms with Crippen LogP contribution in [0.25, 0.3) is 0 Å². The zero-order valence-corrected chi connectivity index (χ0v) is 16.5. The lowest BCUT2D eigenvalue weighted by molar-refractivity contribution is -0.384. The van der Waals surface area contributed by atoms with Gasteiger partial charge in [0, 0.05) is 31.1 Å². The molecule has 2 heterocycles. The minimum Gasteiger partial charge on any atom is -0.378 e. The van der Waals surface area contributed by atoms with Crippen LogP contribution in [0.4, 0.5) is 11.4 Å². The second kappa shape index (κ2) is 7.57. The van der Waals surface area contributed by atoms with E-state index in [-0.39, 0.29) is 28.5 Å². The first kappa shape index (κ1) is 18.8. The summed E-state index contributed by atoms with van der Waals surface area (Å²) in [7, 11) is 0. The molecule has 1 N–H and O–H groups in total. The van der Waals surface area contributed by atoms with E-state index < -0.39 is 0 Å². The Bertz CT molecular complexity index is 1010. The van der Waals surface area contributed by atoms with Gasteiger partial charge in [-0.1, -0.05) is 36.4 Å². The molecule has 0 spiro atoms. The summed E-state index contributed by atoms with van der Waals surface area (Å²) in [4.78, 5) is 25.8. The minimum atomic E-state index is -0.383. The van der Waals surface area contributed by atoms with E-state index in [0.717, 1.165) is 23.2 Å². The Morgan fingerprint density at radius 2 is 1.90 bits per heavy atom. The highest BCUT2D eigenvalue weighted by Crippen LogP contribution is 2.50. The third-order valence-electron chi connectivity index (χ3n) is 6.39. The van der Waals surface area contributed by atoms with Crippen molar-refractivity contribution >= 4 is 17.3 Å². The summed E-state index contributed by atoms with van der Waals surface area (Å²) >= 11 is 0. The van der Waals surface area contributed by atoms with Crippen molar-refractivity contribution in [1.82, 2.24) is 4.90 Å². The highest BCUT2D eigenvalue weighted by molar-refractivity contribution is 6.01. The number of rotatable bonds is 3. The van der Waals surface area contributed by atoms with Gasteiger partial charge in [0.1, 0.15) is 0 Å². The lowest BCUT2D eigenvalue weighted by Crippen LogP contribution is -2.41. The molecule has 154 valence electrons. The lowest BCUT2D eigenvalue weighted by atomic mass is 9.76. The van der Waals surface area contributed by atoms with Crippen molar-refractivity contribution in [1.29, 1.82) is 0 Å². The molecule has 0 bridgehead atoms. The average molecular weight is 405 g/mol. The highest BCUT2D eigenvalue weighted by atomic mass is 16.6. The fourth-order valence-corrected chi connectivity index (χ4v) is 4.87. The summed E-state index contributed by atoms with van der Waals surface area (Å²) in [6.07, 6.45) is 5.35. The van der Waals surface area contributed by atoms with Gasteiger partial charge in [-0.05, 0) is 29.5 Å². The number of benzene rings is 2. The van der Waals surface area contributed by atoms with E-state index in [4.69, 9.17) is 4.74 Å². The van der Waals surface area contributed by atoms with Crippen LogP contribution in [0.3, 0.4) is 0 Å². The number of carbonyl (C=O) groups is 1. The molecule has 0 aromatic heterocycles. The van der Waals surface area contributed by atoms with Gasteiger partial charge in [-0.2, -0.15) is 0 Å². The van der Waals surface area contributed by atoms with Crippen LogP contribution in [0.1, 0.15) is 39.9 Å². The molecule has 2 aromatic carbocycles. The summed E-state index contributed by atoms with van der Waals surface area (Å²) in [6.45, 7) is 2.32. The molecule has 2 aromatic rings. The summed E-state index contributed by atoms with van der Waals surface area (Å²) in [5.41, 5.74) is 3.79. The molecule has 0 radical (unpaired) electrons. The highest BCUT2D eigenvalue weighted by Gasteiger charge is 2.39. The van der Waals surface area contributed by atoms with Crippen molar-refractivity contribution < 1.29 is 14.5 Å². The molecular formula is C23H23N3O4. The number of fused-ring (bicyclic) bond motifs is 3. The number of anilines is 1. The number of allylic oxidation sites excluding steroid dienone is 2. The van der Waals surface area contributed by atoms with E-state index in [1.54, 1.807) is 12.1 Å². The van der Waals surface area contributed by atoms with Crippen molar-refractivity contribution in [3.05, 3.63) is 81.4 Å². The molecule has 1 fully saturated rings. The molecule has 1 aliphatic carbocycles. The van der Waals surface area contributed by atoms with E-state index in [2.05, 4.69) is 23.5 Å². The number of nitro groups is 1. The van der Waals surface area contributed by atoms with Gasteiger partial charge in [0.15, 0.2) is 0 Å². The number of nitrogens with one attached hydrogen (secondary N) is 1. The molecule has 1 saturated heterocycles. The SMILES string of the molecule is O=C(c1cccc2c1N[C@H](c1ccc([N+](=O)[O-])cc1)[C@@H]1CC=C[C@@H]21)N1CCOCC1. The van der Waals surface area contributed by atoms with Crippen LogP contribution in [-0.4, -0.2) is 42.0 Å².